The van der Waals surface area contributed by atoms with Gasteiger partial charge in [0.05, 0.1) is 7.11 Å². The molecule has 0 fully saturated rings. The lowest BCUT2D eigenvalue weighted by Gasteiger charge is -2.02. The van der Waals surface area contributed by atoms with Gasteiger partial charge in [-0.15, -0.1) is 22.0 Å². The number of aromatic nitrogens is 3. The van der Waals surface area contributed by atoms with Crippen LogP contribution in [0.15, 0.2) is 10.2 Å². The van der Waals surface area contributed by atoms with Crippen LogP contribution in [-0.4, -0.2) is 34.8 Å². The lowest BCUT2D eigenvalue weighted by molar-refractivity contribution is 0.372. The molecule has 0 aliphatic rings. The van der Waals surface area contributed by atoms with Gasteiger partial charge in [0, 0.05) is 0 Å². The first kappa shape index (κ1) is 9.60. The van der Waals surface area contributed by atoms with Gasteiger partial charge < -0.3 is 4.74 Å². The van der Waals surface area contributed by atoms with Gasteiger partial charge in [-0.2, -0.15) is 4.98 Å². The quantitative estimate of drug-likeness (QED) is 0.691. The molecule has 1 aromatic heterocycles. The molecule has 0 spiro atoms. The first-order valence-electron chi connectivity index (χ1n) is 3.18. The average molecular weight is 203 g/mol. The summed E-state index contributed by atoms with van der Waals surface area (Å²) in [6.45, 7) is 0. The van der Waals surface area contributed by atoms with E-state index in [0.717, 1.165) is 5.03 Å². The van der Waals surface area contributed by atoms with Gasteiger partial charge in [-0.05, 0) is 12.5 Å². The van der Waals surface area contributed by atoms with Crippen molar-refractivity contribution in [2.45, 2.75) is 10.2 Å². The zero-order valence-corrected chi connectivity index (χ0v) is 8.70. The Morgan fingerprint density at radius 1 is 1.17 bits per heavy atom. The van der Waals surface area contributed by atoms with Crippen molar-refractivity contribution >= 4 is 23.5 Å². The molecule has 12 heavy (non-hydrogen) atoms. The largest absolute Gasteiger partial charge is 0.479 e. The Kier molecular flexibility index (Phi) is 3.61. The summed E-state index contributed by atoms with van der Waals surface area (Å²) in [6.07, 6.45) is 3.81. The van der Waals surface area contributed by atoms with Crippen LogP contribution in [-0.2, 0) is 0 Å². The number of nitrogens with zero attached hydrogens (tertiary/aromatic N) is 3. The van der Waals surface area contributed by atoms with E-state index in [1.54, 1.807) is 7.11 Å². The van der Waals surface area contributed by atoms with E-state index in [0.29, 0.717) is 11.0 Å². The summed E-state index contributed by atoms with van der Waals surface area (Å²) in [5.41, 5.74) is 0. The van der Waals surface area contributed by atoms with Crippen LogP contribution in [0, 0.1) is 0 Å². The maximum atomic E-state index is 5.03. The summed E-state index contributed by atoms with van der Waals surface area (Å²) in [6, 6.07) is 0. The van der Waals surface area contributed by atoms with Crippen molar-refractivity contribution in [1.29, 1.82) is 0 Å². The molecule has 0 atom stereocenters. The zero-order chi connectivity index (χ0) is 8.97. The standard InChI is InChI=1S/C6H9N3OS2/c1-10-4-5(11-2)8-9-6(7-4)12-3/h1-3H3. The van der Waals surface area contributed by atoms with Crippen molar-refractivity contribution < 1.29 is 4.74 Å². The van der Waals surface area contributed by atoms with E-state index in [1.807, 2.05) is 12.5 Å². The summed E-state index contributed by atoms with van der Waals surface area (Å²) >= 11 is 2.91. The van der Waals surface area contributed by atoms with Gasteiger partial charge in [-0.1, -0.05) is 11.8 Å². The molecular formula is C6H9N3OS2. The normalized spacial score (nSPS) is 9.92. The third-order valence-corrected chi connectivity index (χ3v) is 2.36. The Bertz CT molecular complexity index is 269. The molecule has 1 rings (SSSR count). The van der Waals surface area contributed by atoms with Gasteiger partial charge in [0.2, 0.25) is 5.16 Å². The number of ether oxygens (including phenoxy) is 1. The minimum atomic E-state index is 0.543. The fourth-order valence-electron chi connectivity index (χ4n) is 0.636. The Labute approximate surface area is 79.5 Å². The first-order chi connectivity index (χ1) is 5.81. The van der Waals surface area contributed by atoms with E-state index in [2.05, 4.69) is 15.2 Å². The second-order valence-electron chi connectivity index (χ2n) is 1.82. The fourth-order valence-corrected chi connectivity index (χ4v) is 1.36. The molecule has 0 bridgehead atoms. The Balaban J connectivity index is 3.02. The SMILES string of the molecule is COc1nc(SC)nnc1SC. The number of rotatable bonds is 3. The van der Waals surface area contributed by atoms with Crippen molar-refractivity contribution in [3.05, 3.63) is 0 Å². The first-order valence-corrected chi connectivity index (χ1v) is 5.63. The molecule has 0 saturated heterocycles. The Morgan fingerprint density at radius 3 is 2.42 bits per heavy atom. The van der Waals surface area contributed by atoms with Gasteiger partial charge in [0.25, 0.3) is 5.88 Å². The summed E-state index contributed by atoms with van der Waals surface area (Å²) in [4.78, 5) is 4.13. The minimum absolute atomic E-state index is 0.543. The van der Waals surface area contributed by atoms with Crippen molar-refractivity contribution in [1.82, 2.24) is 15.2 Å². The molecule has 0 aliphatic heterocycles. The Morgan fingerprint density at radius 2 is 1.92 bits per heavy atom. The molecule has 0 aromatic carbocycles. The average Bonchev–Trinajstić information content (AvgIpc) is 2.16. The van der Waals surface area contributed by atoms with Gasteiger partial charge in [0.15, 0.2) is 5.03 Å². The van der Waals surface area contributed by atoms with E-state index >= 15 is 0 Å². The summed E-state index contributed by atoms with van der Waals surface area (Å²) < 4.78 is 5.03. The van der Waals surface area contributed by atoms with Crippen LogP contribution in [0.25, 0.3) is 0 Å². The van der Waals surface area contributed by atoms with Crippen molar-refractivity contribution in [2.24, 2.45) is 0 Å². The predicted octanol–water partition coefficient (Wildman–Crippen LogP) is 1.32. The van der Waals surface area contributed by atoms with Gasteiger partial charge >= 0.3 is 0 Å². The fraction of sp³-hybridized carbons (Fsp3) is 0.500. The minimum Gasteiger partial charge on any atom is -0.479 e. The van der Waals surface area contributed by atoms with E-state index in [-0.39, 0.29) is 0 Å². The van der Waals surface area contributed by atoms with E-state index in [4.69, 9.17) is 4.74 Å². The zero-order valence-electron chi connectivity index (χ0n) is 7.07. The van der Waals surface area contributed by atoms with Crippen LogP contribution >= 0.6 is 23.5 Å². The lowest BCUT2D eigenvalue weighted by atomic mass is 10.8. The smallest absolute Gasteiger partial charge is 0.251 e. The molecule has 0 aliphatic carbocycles. The van der Waals surface area contributed by atoms with Crippen molar-refractivity contribution in [2.75, 3.05) is 19.6 Å². The molecule has 1 aromatic rings. The molecule has 0 amide bonds. The highest BCUT2D eigenvalue weighted by Crippen LogP contribution is 2.23. The molecule has 0 saturated carbocycles. The molecule has 6 heteroatoms. The molecule has 0 N–H and O–H groups in total. The summed E-state index contributed by atoms with van der Waals surface area (Å²) in [5, 5.41) is 9.17. The summed E-state index contributed by atoms with van der Waals surface area (Å²) in [5.74, 6) is 0.543. The second-order valence-corrected chi connectivity index (χ2v) is 3.39. The van der Waals surface area contributed by atoms with Crippen LogP contribution in [0.3, 0.4) is 0 Å². The van der Waals surface area contributed by atoms with Crippen LogP contribution in [0.5, 0.6) is 5.88 Å². The third kappa shape index (κ3) is 2.01. The number of thioether (sulfide) groups is 2. The van der Waals surface area contributed by atoms with Gasteiger partial charge in [-0.25, -0.2) is 0 Å². The molecule has 0 unspecified atom stereocenters. The second kappa shape index (κ2) is 4.51. The molecule has 4 nitrogen and oxygen atoms in total. The van der Waals surface area contributed by atoms with Gasteiger partial charge in [0.1, 0.15) is 0 Å². The number of methoxy groups -OCH3 is 1. The summed E-state index contributed by atoms with van der Waals surface area (Å²) in [7, 11) is 1.58. The Hall–Kier alpha value is -0.490. The van der Waals surface area contributed by atoms with E-state index in [1.165, 1.54) is 23.5 Å². The van der Waals surface area contributed by atoms with E-state index in [9.17, 15) is 0 Å². The van der Waals surface area contributed by atoms with Crippen LogP contribution in [0.2, 0.25) is 0 Å². The molecule has 66 valence electrons. The molecule has 0 radical (unpaired) electrons. The van der Waals surface area contributed by atoms with Crippen molar-refractivity contribution in [3.63, 3.8) is 0 Å². The van der Waals surface area contributed by atoms with E-state index < -0.39 is 0 Å². The highest BCUT2D eigenvalue weighted by molar-refractivity contribution is 7.98. The highest BCUT2D eigenvalue weighted by Gasteiger charge is 2.06. The maximum absolute atomic E-state index is 5.03. The molecule has 1 heterocycles. The topological polar surface area (TPSA) is 47.9 Å². The lowest BCUT2D eigenvalue weighted by Crippen LogP contribution is -1.97. The van der Waals surface area contributed by atoms with Gasteiger partial charge in [-0.3, -0.25) is 0 Å². The maximum Gasteiger partial charge on any atom is 0.251 e. The monoisotopic (exact) mass is 203 g/mol. The number of hydrogen-bond donors (Lipinski definition) is 0. The van der Waals surface area contributed by atoms with Crippen LogP contribution in [0.4, 0.5) is 0 Å². The predicted molar refractivity (Wildman–Crippen MR) is 49.9 cm³/mol. The third-order valence-electron chi connectivity index (χ3n) is 1.18. The van der Waals surface area contributed by atoms with Crippen LogP contribution in [0.1, 0.15) is 0 Å². The van der Waals surface area contributed by atoms with Crippen LogP contribution < -0.4 is 4.74 Å². The highest BCUT2D eigenvalue weighted by atomic mass is 32.2. The molecular weight excluding hydrogens is 194 g/mol. The number of hydrogen-bond acceptors (Lipinski definition) is 6. The van der Waals surface area contributed by atoms with Crippen molar-refractivity contribution in [3.8, 4) is 5.88 Å².